The van der Waals surface area contributed by atoms with Crippen molar-refractivity contribution >= 4 is 11.9 Å². The maximum absolute atomic E-state index is 12.4. The Kier molecular flexibility index (Phi) is 3.83. The van der Waals surface area contributed by atoms with Crippen LogP contribution in [0, 0.1) is 6.92 Å². The van der Waals surface area contributed by atoms with E-state index in [0.717, 1.165) is 16.9 Å². The van der Waals surface area contributed by atoms with Crippen LogP contribution in [-0.4, -0.2) is 19.7 Å². The third-order valence-electron chi connectivity index (χ3n) is 3.44. The fourth-order valence-electron chi connectivity index (χ4n) is 2.29. The molecule has 0 aromatic heterocycles. The summed E-state index contributed by atoms with van der Waals surface area (Å²) in [6.45, 7) is 2.18. The number of benzene rings is 2. The number of hydrogen-bond donors (Lipinski definition) is 0. The lowest BCUT2D eigenvalue weighted by Crippen LogP contribution is -1.99. The molecule has 4 nitrogen and oxygen atoms in total. The van der Waals surface area contributed by atoms with Crippen molar-refractivity contribution in [3.8, 4) is 17.2 Å². The monoisotopic (exact) mass is 296 g/mol. The van der Waals surface area contributed by atoms with Gasteiger partial charge in [-0.3, -0.25) is 4.79 Å². The molecule has 0 amide bonds. The number of ketones is 1. The summed E-state index contributed by atoms with van der Waals surface area (Å²) in [5.41, 5.74) is 2.45. The summed E-state index contributed by atoms with van der Waals surface area (Å²) in [5.74, 6) is 1.90. The van der Waals surface area contributed by atoms with Crippen molar-refractivity contribution in [3.05, 3.63) is 59.2 Å². The summed E-state index contributed by atoms with van der Waals surface area (Å²) in [6, 6.07) is 11.1. The van der Waals surface area contributed by atoms with E-state index < -0.39 is 0 Å². The minimum atomic E-state index is -0.0989. The van der Waals surface area contributed by atoms with Gasteiger partial charge in [0.25, 0.3) is 0 Å². The fourth-order valence-corrected chi connectivity index (χ4v) is 2.29. The zero-order valence-corrected chi connectivity index (χ0v) is 12.5. The molecule has 1 aliphatic rings. The molecule has 0 saturated carbocycles. The second kappa shape index (κ2) is 5.93. The standard InChI is InChI=1S/C18H16O4/c1-12-3-7-16(20-2)14(9-12)15(19)6-4-13-5-8-17-18(10-13)22-11-21-17/h3-10H,11H2,1-2H3/b6-4+. The summed E-state index contributed by atoms with van der Waals surface area (Å²) in [5, 5.41) is 0. The minimum Gasteiger partial charge on any atom is -0.496 e. The lowest BCUT2D eigenvalue weighted by atomic mass is 10.1. The fraction of sp³-hybridized carbons (Fsp3) is 0.167. The first-order valence-electron chi connectivity index (χ1n) is 6.94. The SMILES string of the molecule is COc1ccc(C)cc1C(=O)/C=C/c1ccc2c(c1)OCO2. The number of carbonyl (C=O) groups excluding carboxylic acids is 1. The average molecular weight is 296 g/mol. The maximum Gasteiger partial charge on any atom is 0.231 e. The van der Waals surface area contributed by atoms with Gasteiger partial charge in [0.15, 0.2) is 17.3 Å². The highest BCUT2D eigenvalue weighted by molar-refractivity contribution is 6.08. The molecule has 0 atom stereocenters. The van der Waals surface area contributed by atoms with E-state index in [1.807, 2.05) is 37.3 Å². The first-order chi connectivity index (χ1) is 10.7. The molecular formula is C18H16O4. The molecule has 0 spiro atoms. The van der Waals surface area contributed by atoms with Crippen LogP contribution in [-0.2, 0) is 0 Å². The molecule has 1 aliphatic heterocycles. The molecule has 0 bridgehead atoms. The first kappa shape index (κ1) is 14.2. The molecule has 2 aromatic rings. The van der Waals surface area contributed by atoms with Crippen molar-refractivity contribution in [2.45, 2.75) is 6.92 Å². The Morgan fingerprint density at radius 2 is 1.95 bits per heavy atom. The molecule has 2 aromatic carbocycles. The number of carbonyl (C=O) groups is 1. The van der Waals surface area contributed by atoms with Crippen LogP contribution in [0.4, 0.5) is 0 Å². The third-order valence-corrected chi connectivity index (χ3v) is 3.44. The zero-order valence-electron chi connectivity index (χ0n) is 12.5. The second-order valence-corrected chi connectivity index (χ2v) is 5.01. The Morgan fingerprint density at radius 1 is 1.14 bits per heavy atom. The van der Waals surface area contributed by atoms with Crippen molar-refractivity contribution in [1.82, 2.24) is 0 Å². The van der Waals surface area contributed by atoms with Crippen molar-refractivity contribution in [1.29, 1.82) is 0 Å². The van der Waals surface area contributed by atoms with Crippen LogP contribution in [0.1, 0.15) is 21.5 Å². The van der Waals surface area contributed by atoms with E-state index in [2.05, 4.69) is 0 Å². The Labute approximate surface area is 128 Å². The van der Waals surface area contributed by atoms with Crippen LogP contribution in [0.3, 0.4) is 0 Å². The normalized spacial score (nSPS) is 12.6. The number of methoxy groups -OCH3 is 1. The van der Waals surface area contributed by atoms with Gasteiger partial charge in [-0.05, 0) is 42.8 Å². The quantitative estimate of drug-likeness (QED) is 0.638. The lowest BCUT2D eigenvalue weighted by molar-refractivity contribution is 0.104. The van der Waals surface area contributed by atoms with Crippen molar-refractivity contribution < 1.29 is 19.0 Å². The molecule has 1 heterocycles. The van der Waals surface area contributed by atoms with E-state index in [1.54, 1.807) is 19.3 Å². The molecule has 0 N–H and O–H groups in total. The van der Waals surface area contributed by atoms with Crippen molar-refractivity contribution in [2.24, 2.45) is 0 Å². The molecule has 3 rings (SSSR count). The van der Waals surface area contributed by atoms with Gasteiger partial charge < -0.3 is 14.2 Å². The van der Waals surface area contributed by atoms with Gasteiger partial charge in [-0.1, -0.05) is 23.8 Å². The van der Waals surface area contributed by atoms with E-state index in [0.29, 0.717) is 17.1 Å². The van der Waals surface area contributed by atoms with Gasteiger partial charge >= 0.3 is 0 Å². The van der Waals surface area contributed by atoms with Crippen molar-refractivity contribution in [2.75, 3.05) is 13.9 Å². The van der Waals surface area contributed by atoms with Crippen molar-refractivity contribution in [3.63, 3.8) is 0 Å². The van der Waals surface area contributed by atoms with Gasteiger partial charge in [-0.25, -0.2) is 0 Å². The van der Waals surface area contributed by atoms with Gasteiger partial charge in [-0.2, -0.15) is 0 Å². The molecule has 112 valence electrons. The predicted molar refractivity (Wildman–Crippen MR) is 83.7 cm³/mol. The van der Waals surface area contributed by atoms with Gasteiger partial charge in [-0.15, -0.1) is 0 Å². The summed E-state index contributed by atoms with van der Waals surface area (Å²) in [4.78, 5) is 12.4. The number of rotatable bonds is 4. The van der Waals surface area contributed by atoms with Crippen LogP contribution in [0.25, 0.3) is 6.08 Å². The summed E-state index contributed by atoms with van der Waals surface area (Å²) in [7, 11) is 1.56. The molecule has 0 radical (unpaired) electrons. The predicted octanol–water partition coefficient (Wildman–Crippen LogP) is 3.63. The Hall–Kier alpha value is -2.75. The molecular weight excluding hydrogens is 280 g/mol. The van der Waals surface area contributed by atoms with E-state index in [-0.39, 0.29) is 12.6 Å². The molecule has 4 heteroatoms. The molecule has 0 aliphatic carbocycles. The van der Waals surface area contributed by atoms with Gasteiger partial charge in [0.2, 0.25) is 6.79 Å². The lowest BCUT2D eigenvalue weighted by Gasteiger charge is -2.06. The number of hydrogen-bond acceptors (Lipinski definition) is 4. The number of ether oxygens (including phenoxy) is 3. The summed E-state index contributed by atoms with van der Waals surface area (Å²) in [6.07, 6.45) is 3.29. The number of fused-ring (bicyclic) bond motifs is 1. The Bertz CT molecular complexity index is 747. The number of aryl methyl sites for hydroxylation is 1. The minimum absolute atomic E-state index is 0.0989. The highest BCUT2D eigenvalue weighted by Gasteiger charge is 2.13. The second-order valence-electron chi connectivity index (χ2n) is 5.01. The van der Waals surface area contributed by atoms with Crippen LogP contribution in [0.5, 0.6) is 17.2 Å². The summed E-state index contributed by atoms with van der Waals surface area (Å²) < 4.78 is 15.8. The third kappa shape index (κ3) is 2.81. The summed E-state index contributed by atoms with van der Waals surface area (Å²) >= 11 is 0. The van der Waals surface area contributed by atoms with E-state index in [4.69, 9.17) is 14.2 Å². The van der Waals surface area contributed by atoms with E-state index in [9.17, 15) is 4.79 Å². The first-order valence-corrected chi connectivity index (χ1v) is 6.94. The van der Waals surface area contributed by atoms with E-state index >= 15 is 0 Å². The number of allylic oxidation sites excluding steroid dienone is 1. The van der Waals surface area contributed by atoms with Gasteiger partial charge in [0, 0.05) is 0 Å². The molecule has 0 saturated heterocycles. The van der Waals surface area contributed by atoms with Crippen LogP contribution >= 0.6 is 0 Å². The smallest absolute Gasteiger partial charge is 0.231 e. The topological polar surface area (TPSA) is 44.8 Å². The molecule has 0 unspecified atom stereocenters. The highest BCUT2D eigenvalue weighted by Crippen LogP contribution is 2.32. The van der Waals surface area contributed by atoms with Crippen LogP contribution in [0.2, 0.25) is 0 Å². The maximum atomic E-state index is 12.4. The largest absolute Gasteiger partial charge is 0.496 e. The Balaban J connectivity index is 1.83. The molecule has 0 fully saturated rings. The molecule has 22 heavy (non-hydrogen) atoms. The van der Waals surface area contributed by atoms with E-state index in [1.165, 1.54) is 6.08 Å². The van der Waals surface area contributed by atoms with Gasteiger partial charge in [0.05, 0.1) is 12.7 Å². The zero-order chi connectivity index (χ0) is 15.5. The highest BCUT2D eigenvalue weighted by atomic mass is 16.7. The van der Waals surface area contributed by atoms with Crippen LogP contribution in [0.15, 0.2) is 42.5 Å². The van der Waals surface area contributed by atoms with Gasteiger partial charge in [0.1, 0.15) is 5.75 Å². The average Bonchev–Trinajstić information content (AvgIpc) is 3.00. The Morgan fingerprint density at radius 3 is 2.77 bits per heavy atom. The van der Waals surface area contributed by atoms with Crippen LogP contribution < -0.4 is 14.2 Å².